The van der Waals surface area contributed by atoms with E-state index < -0.39 is 0 Å². The number of fused-ring (bicyclic) bond motifs is 1. The van der Waals surface area contributed by atoms with E-state index >= 15 is 0 Å². The number of hydrogen-bond donors (Lipinski definition) is 0. The molecule has 0 aliphatic heterocycles. The van der Waals surface area contributed by atoms with Gasteiger partial charge in [-0.3, -0.25) is 0 Å². The molecule has 2 heteroatoms. The van der Waals surface area contributed by atoms with Gasteiger partial charge in [-0.2, -0.15) is 0 Å². The molecule has 4 rings (SSSR count). The van der Waals surface area contributed by atoms with Crippen LogP contribution in [0.3, 0.4) is 0 Å². The number of nitrogens with zero attached hydrogens (tertiary/aromatic N) is 1. The molecule has 1 heterocycles. The van der Waals surface area contributed by atoms with Crippen LogP contribution in [0.2, 0.25) is 0 Å². The molecule has 3 aromatic carbocycles. The van der Waals surface area contributed by atoms with Crippen LogP contribution in [0.4, 0.5) is 0 Å². The first kappa shape index (κ1) is 14.5. The SMILES string of the molecule is Ic1ccc2c(c1)cc(-c1ccccc1)n2Cc1ccccc1. The topological polar surface area (TPSA) is 4.93 Å². The summed E-state index contributed by atoms with van der Waals surface area (Å²) in [5, 5.41) is 1.30. The lowest BCUT2D eigenvalue weighted by molar-refractivity contribution is 0.845. The van der Waals surface area contributed by atoms with Gasteiger partial charge in [0, 0.05) is 26.7 Å². The van der Waals surface area contributed by atoms with Crippen molar-refractivity contribution in [3.8, 4) is 11.3 Å². The molecule has 0 spiro atoms. The van der Waals surface area contributed by atoms with Gasteiger partial charge in [0.05, 0.1) is 0 Å². The highest BCUT2D eigenvalue weighted by molar-refractivity contribution is 14.1. The minimum atomic E-state index is 0.884. The summed E-state index contributed by atoms with van der Waals surface area (Å²) in [6, 6.07) is 30.2. The molecule has 0 fully saturated rings. The lowest BCUT2D eigenvalue weighted by Crippen LogP contribution is -2.01. The van der Waals surface area contributed by atoms with Crippen LogP contribution in [0.5, 0.6) is 0 Å². The zero-order valence-corrected chi connectivity index (χ0v) is 14.8. The van der Waals surface area contributed by atoms with Gasteiger partial charge in [-0.25, -0.2) is 0 Å². The Kier molecular flexibility index (Phi) is 3.92. The molecule has 0 aliphatic carbocycles. The van der Waals surface area contributed by atoms with Gasteiger partial charge in [-0.1, -0.05) is 60.7 Å². The van der Waals surface area contributed by atoms with E-state index in [2.05, 4.69) is 112 Å². The van der Waals surface area contributed by atoms with Gasteiger partial charge in [-0.05, 0) is 58.0 Å². The van der Waals surface area contributed by atoms with Gasteiger partial charge < -0.3 is 4.57 Å². The fourth-order valence-corrected chi connectivity index (χ4v) is 3.54. The van der Waals surface area contributed by atoms with Crippen molar-refractivity contribution in [2.75, 3.05) is 0 Å². The average Bonchev–Trinajstić information content (AvgIpc) is 2.94. The summed E-state index contributed by atoms with van der Waals surface area (Å²) in [6.07, 6.45) is 0. The normalized spacial score (nSPS) is 11.0. The van der Waals surface area contributed by atoms with E-state index in [9.17, 15) is 0 Å². The Bertz CT molecular complexity index is 940. The zero-order valence-electron chi connectivity index (χ0n) is 12.6. The fraction of sp³-hybridized carbons (Fsp3) is 0.0476. The van der Waals surface area contributed by atoms with Crippen molar-refractivity contribution in [3.05, 3.63) is 94.1 Å². The van der Waals surface area contributed by atoms with E-state index in [0.717, 1.165) is 6.54 Å². The van der Waals surface area contributed by atoms with Crippen molar-refractivity contribution < 1.29 is 0 Å². The van der Waals surface area contributed by atoms with Gasteiger partial charge in [-0.15, -0.1) is 0 Å². The van der Waals surface area contributed by atoms with Gasteiger partial charge in [0.1, 0.15) is 0 Å². The van der Waals surface area contributed by atoms with Gasteiger partial charge in [0.2, 0.25) is 0 Å². The van der Waals surface area contributed by atoms with Crippen LogP contribution in [0, 0.1) is 3.57 Å². The molecule has 0 saturated carbocycles. The van der Waals surface area contributed by atoms with Crippen molar-refractivity contribution in [2.24, 2.45) is 0 Å². The molecule has 0 unspecified atom stereocenters. The van der Waals surface area contributed by atoms with Crippen molar-refractivity contribution in [1.29, 1.82) is 0 Å². The quantitative estimate of drug-likeness (QED) is 0.368. The molecule has 23 heavy (non-hydrogen) atoms. The molecule has 4 aromatic rings. The van der Waals surface area contributed by atoms with Crippen LogP contribution in [0.1, 0.15) is 5.56 Å². The summed E-state index contributed by atoms with van der Waals surface area (Å²) in [7, 11) is 0. The zero-order chi connectivity index (χ0) is 15.6. The number of halogens is 1. The van der Waals surface area contributed by atoms with Crippen molar-refractivity contribution in [2.45, 2.75) is 6.54 Å². The Morgan fingerprint density at radius 2 is 1.43 bits per heavy atom. The lowest BCUT2D eigenvalue weighted by Gasteiger charge is -2.11. The van der Waals surface area contributed by atoms with E-state index in [4.69, 9.17) is 0 Å². The van der Waals surface area contributed by atoms with Gasteiger partial charge in [0.25, 0.3) is 0 Å². The molecule has 0 aliphatic rings. The second-order valence-electron chi connectivity index (χ2n) is 5.67. The van der Waals surface area contributed by atoms with E-state index in [1.807, 2.05) is 0 Å². The fourth-order valence-electron chi connectivity index (χ4n) is 3.03. The Labute approximate surface area is 149 Å². The first-order valence-electron chi connectivity index (χ1n) is 7.69. The van der Waals surface area contributed by atoms with Crippen molar-refractivity contribution in [1.82, 2.24) is 4.57 Å². The summed E-state index contributed by atoms with van der Waals surface area (Å²) in [6.45, 7) is 0.884. The standard InChI is InChI=1S/C21H16IN/c22-19-11-12-20-18(13-19)14-21(17-9-5-2-6-10-17)23(20)15-16-7-3-1-4-8-16/h1-14H,15H2. The van der Waals surface area contributed by atoms with E-state index in [0.29, 0.717) is 0 Å². The van der Waals surface area contributed by atoms with Crippen LogP contribution in [-0.2, 0) is 6.54 Å². The maximum atomic E-state index is 2.41. The van der Waals surface area contributed by atoms with Crippen LogP contribution in [0.15, 0.2) is 84.9 Å². The predicted molar refractivity (Wildman–Crippen MR) is 106 cm³/mol. The van der Waals surface area contributed by atoms with Crippen LogP contribution in [0.25, 0.3) is 22.2 Å². The number of rotatable bonds is 3. The molecule has 0 N–H and O–H groups in total. The Morgan fingerprint density at radius 3 is 2.17 bits per heavy atom. The average molecular weight is 409 g/mol. The summed E-state index contributed by atoms with van der Waals surface area (Å²) in [5.74, 6) is 0. The largest absolute Gasteiger partial charge is 0.336 e. The molecule has 0 saturated heterocycles. The predicted octanol–water partition coefficient (Wildman–Crippen LogP) is 5.96. The van der Waals surface area contributed by atoms with Crippen molar-refractivity contribution >= 4 is 33.5 Å². The third-order valence-corrected chi connectivity index (χ3v) is 4.79. The highest BCUT2D eigenvalue weighted by atomic mass is 127. The highest BCUT2D eigenvalue weighted by Crippen LogP contribution is 2.30. The van der Waals surface area contributed by atoms with E-state index in [-0.39, 0.29) is 0 Å². The number of benzene rings is 3. The molecule has 0 amide bonds. The number of hydrogen-bond acceptors (Lipinski definition) is 0. The summed E-state index contributed by atoms with van der Waals surface area (Å²) >= 11 is 2.38. The first-order chi connectivity index (χ1) is 11.3. The van der Waals surface area contributed by atoms with Gasteiger partial charge >= 0.3 is 0 Å². The highest BCUT2D eigenvalue weighted by Gasteiger charge is 2.11. The Balaban J connectivity index is 1.92. The second-order valence-corrected chi connectivity index (χ2v) is 6.92. The molecule has 1 nitrogen and oxygen atoms in total. The smallest absolute Gasteiger partial charge is 0.0494 e. The molecular formula is C21H16IN. The Morgan fingerprint density at radius 1 is 0.739 bits per heavy atom. The number of aromatic nitrogens is 1. The molecule has 1 aromatic heterocycles. The first-order valence-corrected chi connectivity index (χ1v) is 8.77. The van der Waals surface area contributed by atoms with E-state index in [1.165, 1.54) is 31.3 Å². The molecule has 112 valence electrons. The second kappa shape index (κ2) is 6.20. The summed E-state index contributed by atoms with van der Waals surface area (Å²) in [5.41, 5.74) is 5.13. The maximum Gasteiger partial charge on any atom is 0.0494 e. The summed E-state index contributed by atoms with van der Waals surface area (Å²) in [4.78, 5) is 0. The molecular weight excluding hydrogens is 393 g/mol. The third-order valence-electron chi connectivity index (χ3n) is 4.12. The van der Waals surface area contributed by atoms with Crippen molar-refractivity contribution in [3.63, 3.8) is 0 Å². The Hall–Kier alpha value is -2.07. The minimum absolute atomic E-state index is 0.884. The third kappa shape index (κ3) is 2.91. The maximum absolute atomic E-state index is 2.41. The minimum Gasteiger partial charge on any atom is -0.336 e. The molecule has 0 bridgehead atoms. The molecule has 0 atom stereocenters. The van der Waals surface area contributed by atoms with Crippen LogP contribution in [-0.4, -0.2) is 4.57 Å². The monoisotopic (exact) mass is 409 g/mol. The summed E-state index contributed by atoms with van der Waals surface area (Å²) < 4.78 is 3.68. The lowest BCUT2D eigenvalue weighted by atomic mass is 10.1. The van der Waals surface area contributed by atoms with E-state index in [1.54, 1.807) is 0 Å². The molecule has 0 radical (unpaired) electrons. The van der Waals surface area contributed by atoms with Crippen LogP contribution < -0.4 is 0 Å². The van der Waals surface area contributed by atoms with Gasteiger partial charge in [0.15, 0.2) is 0 Å². The van der Waals surface area contributed by atoms with Crippen LogP contribution >= 0.6 is 22.6 Å².